The maximum atomic E-state index is 12.9. The van der Waals surface area contributed by atoms with Crippen LogP contribution in [0.3, 0.4) is 0 Å². The van der Waals surface area contributed by atoms with Crippen LogP contribution in [0.15, 0.2) is 77.2 Å². The summed E-state index contributed by atoms with van der Waals surface area (Å²) in [5.74, 6) is 1.36. The molecule has 5 rings (SSSR count). The van der Waals surface area contributed by atoms with E-state index in [4.69, 9.17) is 9.15 Å². The van der Waals surface area contributed by atoms with Crippen LogP contribution in [0.25, 0.3) is 33.9 Å². The number of fused-ring (bicyclic) bond motifs is 1. The van der Waals surface area contributed by atoms with Crippen LogP contribution in [0.1, 0.15) is 43.0 Å². The van der Waals surface area contributed by atoms with Crippen molar-refractivity contribution in [3.63, 3.8) is 0 Å². The smallest absolute Gasteiger partial charge is 0.280 e. The van der Waals surface area contributed by atoms with E-state index in [0.717, 1.165) is 29.9 Å². The summed E-state index contributed by atoms with van der Waals surface area (Å²) < 4.78 is 13.0. The maximum Gasteiger partial charge on any atom is 0.280 e. The van der Waals surface area contributed by atoms with E-state index in [-0.39, 0.29) is 5.91 Å². The van der Waals surface area contributed by atoms with Gasteiger partial charge in [-0.1, -0.05) is 43.5 Å². The Kier molecular flexibility index (Phi) is 6.61. The van der Waals surface area contributed by atoms with Crippen molar-refractivity contribution in [3.05, 3.63) is 78.4 Å². The quantitative estimate of drug-likeness (QED) is 0.253. The average molecular weight is 468 g/mol. The van der Waals surface area contributed by atoms with Crippen LogP contribution in [0, 0.1) is 0 Å². The van der Waals surface area contributed by atoms with Crippen molar-refractivity contribution in [3.8, 4) is 28.7 Å². The number of para-hydroxylation sites is 1. The predicted octanol–water partition coefficient (Wildman–Crippen LogP) is 5.80. The monoisotopic (exact) mass is 467 g/mol. The summed E-state index contributed by atoms with van der Waals surface area (Å²) in [6, 6.07) is 21.9. The highest BCUT2D eigenvalue weighted by atomic mass is 16.5. The molecule has 0 amide bonds. The Bertz CT molecular complexity index is 1420. The molecule has 0 unspecified atom stereocenters. The van der Waals surface area contributed by atoms with Gasteiger partial charge >= 0.3 is 0 Å². The molecule has 0 aliphatic heterocycles. The van der Waals surface area contributed by atoms with Crippen LogP contribution >= 0.6 is 0 Å². The molecule has 8 heteroatoms. The minimum Gasteiger partial charge on any atom is -0.494 e. The number of unbranched alkanes of at least 4 members (excludes halogenated alkanes) is 3. The van der Waals surface area contributed by atoms with E-state index in [1.807, 2.05) is 48.5 Å². The van der Waals surface area contributed by atoms with Crippen molar-refractivity contribution in [1.29, 1.82) is 0 Å². The van der Waals surface area contributed by atoms with E-state index in [2.05, 4.69) is 27.4 Å². The fourth-order valence-corrected chi connectivity index (χ4v) is 3.77. The molecule has 3 aromatic carbocycles. The molecule has 0 saturated heterocycles. The first-order chi connectivity index (χ1) is 17.2. The largest absolute Gasteiger partial charge is 0.494 e. The van der Waals surface area contributed by atoms with Gasteiger partial charge in [0.25, 0.3) is 5.91 Å². The number of carbonyl (C=O) groups is 1. The van der Waals surface area contributed by atoms with Gasteiger partial charge in [0, 0.05) is 16.7 Å². The predicted molar refractivity (Wildman–Crippen MR) is 132 cm³/mol. The Morgan fingerprint density at radius 2 is 1.51 bits per heavy atom. The Morgan fingerprint density at radius 1 is 0.829 bits per heavy atom. The van der Waals surface area contributed by atoms with Crippen LogP contribution in [0.4, 0.5) is 0 Å². The second kappa shape index (κ2) is 10.3. The van der Waals surface area contributed by atoms with Gasteiger partial charge in [0.05, 0.1) is 12.1 Å². The molecule has 0 N–H and O–H groups in total. The fourth-order valence-electron chi connectivity index (χ4n) is 3.77. The number of benzene rings is 3. The van der Waals surface area contributed by atoms with Gasteiger partial charge in [-0.3, -0.25) is 4.79 Å². The highest BCUT2D eigenvalue weighted by Gasteiger charge is 2.15. The van der Waals surface area contributed by atoms with Gasteiger partial charge in [-0.05, 0) is 67.1 Å². The first-order valence-electron chi connectivity index (χ1n) is 11.8. The third kappa shape index (κ3) is 4.96. The van der Waals surface area contributed by atoms with Gasteiger partial charge in [-0.25, -0.2) is 0 Å². The Balaban J connectivity index is 1.25. The first kappa shape index (κ1) is 22.5. The normalized spacial score (nSPS) is 11.1. The van der Waals surface area contributed by atoms with Gasteiger partial charge < -0.3 is 9.15 Å². The summed E-state index contributed by atoms with van der Waals surface area (Å²) >= 11 is 0. The lowest BCUT2D eigenvalue weighted by Gasteiger charge is -2.06. The molecule has 0 bridgehead atoms. The maximum absolute atomic E-state index is 12.9. The molecule has 0 spiro atoms. The van der Waals surface area contributed by atoms with Crippen LogP contribution in [0.2, 0.25) is 0 Å². The number of carbonyl (C=O) groups excluding carboxylic acids is 1. The zero-order valence-electron chi connectivity index (χ0n) is 19.4. The summed E-state index contributed by atoms with van der Waals surface area (Å²) in [6.45, 7) is 2.91. The molecule has 35 heavy (non-hydrogen) atoms. The molecule has 5 aromatic rings. The molecule has 0 aliphatic rings. The number of ether oxygens (including phenoxy) is 1. The van der Waals surface area contributed by atoms with Crippen molar-refractivity contribution in [2.45, 2.75) is 32.6 Å². The van der Waals surface area contributed by atoms with Crippen molar-refractivity contribution < 1.29 is 13.9 Å². The van der Waals surface area contributed by atoms with Crippen molar-refractivity contribution in [2.24, 2.45) is 0 Å². The molecular weight excluding hydrogens is 442 g/mol. The van der Waals surface area contributed by atoms with Crippen LogP contribution in [0.5, 0.6) is 5.75 Å². The summed E-state index contributed by atoms with van der Waals surface area (Å²) in [5.41, 5.74) is 3.34. The lowest BCUT2D eigenvalue weighted by Crippen LogP contribution is -2.13. The molecule has 2 aromatic heterocycles. The number of hydrogen-bond donors (Lipinski definition) is 0. The number of nitrogens with zero attached hydrogens (tertiary/aromatic N) is 5. The van der Waals surface area contributed by atoms with Gasteiger partial charge in [-0.2, -0.15) is 4.68 Å². The SMILES string of the molecule is CCCCCCOc1ccc(-c2nnc(-c3ccc(C(=O)n4nnc5ccccc54)cc3)o2)cc1. The van der Waals surface area contributed by atoms with Crippen molar-refractivity contribution in [1.82, 2.24) is 25.2 Å². The minimum absolute atomic E-state index is 0.260. The molecule has 176 valence electrons. The summed E-state index contributed by atoms with van der Waals surface area (Å²) in [7, 11) is 0. The van der Waals surface area contributed by atoms with Crippen LogP contribution in [-0.2, 0) is 0 Å². The molecule has 0 radical (unpaired) electrons. The molecule has 8 nitrogen and oxygen atoms in total. The molecule has 2 heterocycles. The van der Waals surface area contributed by atoms with E-state index in [9.17, 15) is 4.79 Å². The Labute approximate surface area is 202 Å². The number of aromatic nitrogens is 5. The van der Waals surface area contributed by atoms with E-state index in [1.54, 1.807) is 24.3 Å². The Hall–Kier alpha value is -4.33. The fraction of sp³-hybridized carbons (Fsp3) is 0.222. The third-order valence-corrected chi connectivity index (χ3v) is 5.72. The van der Waals surface area contributed by atoms with Gasteiger partial charge in [-0.15, -0.1) is 15.3 Å². The number of hydrogen-bond acceptors (Lipinski definition) is 7. The van der Waals surface area contributed by atoms with Crippen LogP contribution < -0.4 is 4.74 Å². The molecule has 0 aliphatic carbocycles. The van der Waals surface area contributed by atoms with E-state index < -0.39 is 0 Å². The van der Waals surface area contributed by atoms with Gasteiger partial charge in [0.15, 0.2) is 0 Å². The molecule has 0 atom stereocenters. The molecular formula is C27H25N5O3. The second-order valence-electron chi connectivity index (χ2n) is 8.22. The second-order valence-corrected chi connectivity index (χ2v) is 8.22. The summed E-state index contributed by atoms with van der Waals surface area (Å²) in [5, 5.41) is 16.4. The molecule has 0 saturated carbocycles. The first-order valence-corrected chi connectivity index (χ1v) is 11.8. The standard InChI is InChI=1S/C27H25N5O3/c1-2-3-4-7-18-34-22-16-14-20(15-17-22)26-30-29-25(35-26)19-10-12-21(13-11-19)27(33)32-24-9-6-5-8-23(24)28-31-32/h5-6,8-17H,2-4,7,18H2,1H3. The highest BCUT2D eigenvalue weighted by molar-refractivity contribution is 6.00. The van der Waals surface area contributed by atoms with Crippen molar-refractivity contribution >= 4 is 16.9 Å². The van der Waals surface area contributed by atoms with Gasteiger partial charge in [0.1, 0.15) is 11.3 Å². The van der Waals surface area contributed by atoms with E-state index in [1.165, 1.54) is 23.9 Å². The zero-order valence-corrected chi connectivity index (χ0v) is 19.4. The molecule has 0 fully saturated rings. The lowest BCUT2D eigenvalue weighted by atomic mass is 10.1. The van der Waals surface area contributed by atoms with E-state index >= 15 is 0 Å². The Morgan fingerprint density at radius 3 is 2.23 bits per heavy atom. The highest BCUT2D eigenvalue weighted by Crippen LogP contribution is 2.26. The van der Waals surface area contributed by atoms with E-state index in [0.29, 0.717) is 28.4 Å². The van der Waals surface area contributed by atoms with Crippen molar-refractivity contribution in [2.75, 3.05) is 6.61 Å². The minimum atomic E-state index is -0.260. The average Bonchev–Trinajstić information content (AvgIpc) is 3.57. The van der Waals surface area contributed by atoms with Gasteiger partial charge in [0.2, 0.25) is 11.8 Å². The number of rotatable bonds is 9. The summed E-state index contributed by atoms with van der Waals surface area (Å²) in [4.78, 5) is 12.9. The topological polar surface area (TPSA) is 95.9 Å². The third-order valence-electron chi connectivity index (χ3n) is 5.72. The van der Waals surface area contributed by atoms with Crippen LogP contribution in [-0.4, -0.2) is 37.7 Å². The lowest BCUT2D eigenvalue weighted by molar-refractivity contribution is 0.0948. The zero-order chi connectivity index (χ0) is 24.0. The summed E-state index contributed by atoms with van der Waals surface area (Å²) in [6.07, 6.45) is 4.69.